The molecule has 0 saturated carbocycles. The summed E-state index contributed by atoms with van der Waals surface area (Å²) in [5.41, 5.74) is 2.49. The molecule has 0 spiro atoms. The van der Waals surface area contributed by atoms with E-state index in [0.29, 0.717) is 6.54 Å². The lowest BCUT2D eigenvalue weighted by molar-refractivity contribution is -0.117. The predicted molar refractivity (Wildman–Crippen MR) is 74.5 cm³/mol. The van der Waals surface area contributed by atoms with E-state index in [1.807, 2.05) is 36.1 Å². The van der Waals surface area contributed by atoms with Crippen LogP contribution in [0.2, 0.25) is 0 Å². The van der Waals surface area contributed by atoms with Gasteiger partial charge in [0.05, 0.1) is 0 Å². The summed E-state index contributed by atoms with van der Waals surface area (Å²) in [4.78, 5) is 13.8. The summed E-state index contributed by atoms with van der Waals surface area (Å²) >= 11 is 0. The molecule has 0 radical (unpaired) electrons. The van der Waals surface area contributed by atoms with E-state index >= 15 is 0 Å². The van der Waals surface area contributed by atoms with Gasteiger partial charge in [0.2, 0.25) is 0 Å². The summed E-state index contributed by atoms with van der Waals surface area (Å²) in [5.74, 6) is -0.297. The van der Waals surface area contributed by atoms with Crippen molar-refractivity contribution in [2.24, 2.45) is 0 Å². The minimum absolute atomic E-state index is 0.158. The van der Waals surface area contributed by atoms with E-state index in [1.54, 1.807) is 6.20 Å². The topological polar surface area (TPSA) is 56.1 Å². The second-order valence-electron chi connectivity index (χ2n) is 4.48. The average Bonchev–Trinajstić information content (AvgIpc) is 2.85. The molecule has 0 unspecified atom stereocenters. The van der Waals surface area contributed by atoms with Gasteiger partial charge in [0.25, 0.3) is 5.91 Å². The van der Waals surface area contributed by atoms with Gasteiger partial charge in [0, 0.05) is 25.0 Å². The van der Waals surface area contributed by atoms with Crippen molar-refractivity contribution in [3.63, 3.8) is 0 Å². The zero-order chi connectivity index (χ0) is 13.7. The van der Waals surface area contributed by atoms with Crippen molar-refractivity contribution >= 4 is 11.6 Å². The van der Waals surface area contributed by atoms with Gasteiger partial charge < -0.3 is 10.2 Å². The summed E-state index contributed by atoms with van der Waals surface area (Å²) in [5, 5.41) is 11.8. The number of nitriles is 1. The Morgan fingerprint density at radius 1 is 1.53 bits per heavy atom. The van der Waals surface area contributed by atoms with Crippen molar-refractivity contribution in [2.75, 3.05) is 18.0 Å². The van der Waals surface area contributed by atoms with Crippen molar-refractivity contribution in [3.05, 3.63) is 41.6 Å². The summed E-state index contributed by atoms with van der Waals surface area (Å²) in [6, 6.07) is 10.0. The monoisotopic (exact) mass is 255 g/mol. The van der Waals surface area contributed by atoms with Gasteiger partial charge in [-0.3, -0.25) is 4.79 Å². The highest BCUT2D eigenvalue weighted by Gasteiger charge is 2.18. The molecule has 1 heterocycles. The van der Waals surface area contributed by atoms with Crippen LogP contribution in [0.25, 0.3) is 0 Å². The molecular formula is C15H17N3O. The number of nitrogens with one attached hydrogen (secondary N) is 1. The van der Waals surface area contributed by atoms with Crippen molar-refractivity contribution < 1.29 is 4.79 Å². The number of carbonyl (C=O) groups excluding carboxylic acids is 1. The van der Waals surface area contributed by atoms with E-state index in [1.165, 1.54) is 5.56 Å². The number of hydrogen-bond acceptors (Lipinski definition) is 3. The summed E-state index contributed by atoms with van der Waals surface area (Å²) in [6.45, 7) is 3.38. The Hall–Kier alpha value is -2.28. The highest BCUT2D eigenvalue weighted by atomic mass is 16.1. The molecule has 0 atom stereocenters. The lowest BCUT2D eigenvalue weighted by atomic mass is 10.2. The highest BCUT2D eigenvalue weighted by molar-refractivity contribution is 5.97. The van der Waals surface area contributed by atoms with Gasteiger partial charge in [-0.2, -0.15) is 5.26 Å². The van der Waals surface area contributed by atoms with Gasteiger partial charge in [0.15, 0.2) is 0 Å². The molecule has 0 aromatic heterocycles. The van der Waals surface area contributed by atoms with Crippen molar-refractivity contribution in [1.82, 2.24) is 5.32 Å². The highest BCUT2D eigenvalue weighted by Crippen LogP contribution is 2.27. The molecule has 98 valence electrons. The fraction of sp³-hybridized carbons (Fsp3) is 0.333. The molecule has 0 saturated heterocycles. The van der Waals surface area contributed by atoms with Crippen LogP contribution in [0.1, 0.15) is 18.9 Å². The van der Waals surface area contributed by atoms with E-state index in [4.69, 9.17) is 5.26 Å². The Morgan fingerprint density at radius 3 is 3.05 bits per heavy atom. The molecule has 4 heteroatoms. The zero-order valence-electron chi connectivity index (χ0n) is 11.0. The van der Waals surface area contributed by atoms with Gasteiger partial charge in [-0.1, -0.05) is 25.1 Å². The van der Waals surface area contributed by atoms with E-state index in [2.05, 4.69) is 11.4 Å². The number of fused-ring (bicyclic) bond motifs is 1. The first-order valence-corrected chi connectivity index (χ1v) is 6.51. The molecule has 4 nitrogen and oxygen atoms in total. The summed E-state index contributed by atoms with van der Waals surface area (Å²) < 4.78 is 0. The van der Waals surface area contributed by atoms with E-state index < -0.39 is 0 Å². The normalized spacial score (nSPS) is 13.9. The second kappa shape index (κ2) is 6.05. The Balaban J connectivity index is 2.17. The molecule has 0 fully saturated rings. The van der Waals surface area contributed by atoms with E-state index in [9.17, 15) is 4.79 Å². The minimum atomic E-state index is -0.297. The maximum Gasteiger partial charge on any atom is 0.263 e. The number of anilines is 1. The Labute approximate surface area is 113 Å². The maximum atomic E-state index is 11.8. The third-order valence-electron chi connectivity index (χ3n) is 3.11. The molecule has 1 aromatic rings. The third-order valence-corrected chi connectivity index (χ3v) is 3.11. The number of para-hydroxylation sites is 1. The quantitative estimate of drug-likeness (QED) is 0.661. The first kappa shape index (κ1) is 13.2. The average molecular weight is 255 g/mol. The third kappa shape index (κ3) is 2.94. The number of hydrogen-bond donors (Lipinski definition) is 1. The van der Waals surface area contributed by atoms with Gasteiger partial charge >= 0.3 is 0 Å². The molecule has 1 aliphatic rings. The van der Waals surface area contributed by atoms with Crippen molar-refractivity contribution in [2.45, 2.75) is 19.8 Å². The van der Waals surface area contributed by atoms with Gasteiger partial charge in [-0.05, 0) is 24.5 Å². The Kier molecular flexibility index (Phi) is 4.19. The molecule has 1 N–H and O–H groups in total. The number of benzene rings is 1. The van der Waals surface area contributed by atoms with Gasteiger partial charge in [-0.15, -0.1) is 0 Å². The largest absolute Gasteiger partial charge is 0.351 e. The molecule has 2 rings (SSSR count). The SMILES string of the molecule is CCCNC(=O)/C(C#N)=C\N1CCc2ccccc21. The molecule has 1 aromatic carbocycles. The molecule has 1 aliphatic heterocycles. The number of nitrogens with zero attached hydrogens (tertiary/aromatic N) is 2. The molecule has 1 amide bonds. The summed E-state index contributed by atoms with van der Waals surface area (Å²) in [6.07, 6.45) is 3.45. The molecule has 0 bridgehead atoms. The van der Waals surface area contributed by atoms with Crippen LogP contribution in [-0.4, -0.2) is 19.0 Å². The van der Waals surface area contributed by atoms with Gasteiger partial charge in [-0.25, -0.2) is 0 Å². The summed E-state index contributed by atoms with van der Waals surface area (Å²) in [7, 11) is 0. The number of rotatable bonds is 4. The van der Waals surface area contributed by atoms with E-state index in [0.717, 1.165) is 25.1 Å². The first-order valence-electron chi connectivity index (χ1n) is 6.51. The van der Waals surface area contributed by atoms with Crippen LogP contribution in [0.4, 0.5) is 5.69 Å². The fourth-order valence-electron chi connectivity index (χ4n) is 2.13. The molecule has 19 heavy (non-hydrogen) atoms. The molecule has 0 aliphatic carbocycles. The first-order chi connectivity index (χ1) is 9.26. The van der Waals surface area contributed by atoms with Crippen molar-refractivity contribution in [3.8, 4) is 6.07 Å². The lowest BCUT2D eigenvalue weighted by Crippen LogP contribution is -2.27. The van der Waals surface area contributed by atoms with Crippen LogP contribution in [0.5, 0.6) is 0 Å². The van der Waals surface area contributed by atoms with Crippen LogP contribution >= 0.6 is 0 Å². The van der Waals surface area contributed by atoms with Crippen LogP contribution in [0, 0.1) is 11.3 Å². The standard InChI is InChI=1S/C15H17N3O/c1-2-8-17-15(19)13(10-16)11-18-9-7-12-5-3-4-6-14(12)18/h3-6,11H,2,7-9H2,1H3,(H,17,19)/b13-11-. The predicted octanol–water partition coefficient (Wildman–Crippen LogP) is 1.98. The van der Waals surface area contributed by atoms with Gasteiger partial charge in [0.1, 0.15) is 11.6 Å². The number of amides is 1. The second-order valence-corrected chi connectivity index (χ2v) is 4.48. The van der Waals surface area contributed by atoms with Crippen molar-refractivity contribution in [1.29, 1.82) is 5.26 Å². The molecular weight excluding hydrogens is 238 g/mol. The van der Waals surface area contributed by atoms with E-state index in [-0.39, 0.29) is 11.5 Å². The zero-order valence-corrected chi connectivity index (χ0v) is 11.0. The number of carbonyl (C=O) groups is 1. The van der Waals surface area contributed by atoms with Crippen LogP contribution in [-0.2, 0) is 11.2 Å². The van der Waals surface area contributed by atoms with Crippen LogP contribution < -0.4 is 10.2 Å². The lowest BCUT2D eigenvalue weighted by Gasteiger charge is -2.14. The minimum Gasteiger partial charge on any atom is -0.351 e. The Bertz CT molecular complexity index is 543. The fourth-order valence-corrected chi connectivity index (χ4v) is 2.13. The maximum absolute atomic E-state index is 11.8. The smallest absolute Gasteiger partial charge is 0.263 e. The Morgan fingerprint density at radius 2 is 2.32 bits per heavy atom. The van der Waals surface area contributed by atoms with Crippen LogP contribution in [0.15, 0.2) is 36.0 Å². The van der Waals surface area contributed by atoms with Crippen LogP contribution in [0.3, 0.4) is 0 Å².